The van der Waals surface area contributed by atoms with Crippen LogP contribution in [0.1, 0.15) is 17.1 Å². The second-order valence-corrected chi connectivity index (χ2v) is 4.99. The molecule has 1 amide bonds. The van der Waals surface area contributed by atoms with Gasteiger partial charge in [0.1, 0.15) is 23.8 Å². The van der Waals surface area contributed by atoms with E-state index in [2.05, 4.69) is 15.3 Å². The van der Waals surface area contributed by atoms with Crippen molar-refractivity contribution in [1.29, 1.82) is 0 Å². The molecular formula is C14H21N5O2. The van der Waals surface area contributed by atoms with E-state index in [1.54, 1.807) is 14.0 Å². The lowest BCUT2D eigenvalue weighted by Crippen LogP contribution is -2.30. The first-order valence-electron chi connectivity index (χ1n) is 6.80. The lowest BCUT2D eigenvalue weighted by Gasteiger charge is -2.09. The Bertz CT molecular complexity index is 678. The zero-order valence-corrected chi connectivity index (χ0v) is 12.9. The van der Waals surface area contributed by atoms with Gasteiger partial charge in [0, 0.05) is 19.3 Å². The van der Waals surface area contributed by atoms with Crippen LogP contribution in [0.3, 0.4) is 0 Å². The first-order valence-corrected chi connectivity index (χ1v) is 6.80. The van der Waals surface area contributed by atoms with Crippen LogP contribution in [0.2, 0.25) is 0 Å². The molecule has 0 saturated carbocycles. The summed E-state index contributed by atoms with van der Waals surface area (Å²) in [6, 6.07) is 0. The lowest BCUT2D eigenvalue weighted by atomic mass is 10.2. The molecule has 0 aliphatic heterocycles. The number of nitrogen functional groups attached to an aromatic ring is 1. The van der Waals surface area contributed by atoms with E-state index in [1.165, 1.54) is 0 Å². The summed E-state index contributed by atoms with van der Waals surface area (Å²) < 4.78 is 6.79. The topological polar surface area (TPSA) is 95.1 Å². The van der Waals surface area contributed by atoms with E-state index in [9.17, 15) is 4.79 Å². The summed E-state index contributed by atoms with van der Waals surface area (Å²) in [7, 11) is 1.60. The van der Waals surface area contributed by atoms with Crippen LogP contribution in [0.5, 0.6) is 0 Å². The minimum absolute atomic E-state index is 0.0816. The lowest BCUT2D eigenvalue weighted by molar-refractivity contribution is -0.121. The van der Waals surface area contributed by atoms with Crippen LogP contribution in [-0.2, 0) is 16.1 Å². The van der Waals surface area contributed by atoms with Gasteiger partial charge in [-0.15, -0.1) is 0 Å². The Kier molecular flexibility index (Phi) is 4.42. The van der Waals surface area contributed by atoms with E-state index in [0.717, 1.165) is 16.6 Å². The summed E-state index contributed by atoms with van der Waals surface area (Å²) in [5.74, 6) is 0.970. The molecule has 0 bridgehead atoms. The van der Waals surface area contributed by atoms with Gasteiger partial charge in [0.05, 0.1) is 12.0 Å². The van der Waals surface area contributed by atoms with Crippen molar-refractivity contribution in [1.82, 2.24) is 19.9 Å². The summed E-state index contributed by atoms with van der Waals surface area (Å²) in [6.07, 6.45) is 0. The number of hydrogen-bond donors (Lipinski definition) is 2. The van der Waals surface area contributed by atoms with Crippen molar-refractivity contribution in [3.8, 4) is 0 Å². The number of ether oxygens (including phenoxy) is 1. The van der Waals surface area contributed by atoms with Crippen LogP contribution in [-0.4, -0.2) is 40.7 Å². The number of nitrogens with zero attached hydrogens (tertiary/aromatic N) is 3. The molecule has 2 aromatic rings. The number of aromatic nitrogens is 3. The largest absolute Gasteiger partial charge is 0.383 e. The number of carbonyl (C=O) groups excluding carboxylic acids is 1. The van der Waals surface area contributed by atoms with E-state index in [4.69, 9.17) is 10.5 Å². The smallest absolute Gasteiger partial charge is 0.240 e. The van der Waals surface area contributed by atoms with Crippen molar-refractivity contribution in [2.45, 2.75) is 27.3 Å². The highest BCUT2D eigenvalue weighted by Gasteiger charge is 2.17. The van der Waals surface area contributed by atoms with Crippen LogP contribution in [0.15, 0.2) is 0 Å². The molecule has 0 aliphatic rings. The van der Waals surface area contributed by atoms with E-state index in [-0.39, 0.29) is 12.5 Å². The van der Waals surface area contributed by atoms with Gasteiger partial charge in [-0.05, 0) is 26.3 Å². The number of anilines is 1. The minimum Gasteiger partial charge on any atom is -0.383 e. The predicted molar refractivity (Wildman–Crippen MR) is 81.0 cm³/mol. The summed E-state index contributed by atoms with van der Waals surface area (Å²) in [6.45, 7) is 6.89. The maximum Gasteiger partial charge on any atom is 0.240 e. The van der Waals surface area contributed by atoms with Gasteiger partial charge >= 0.3 is 0 Å². The Hall–Kier alpha value is -2.15. The average molecular weight is 291 g/mol. The maximum absolute atomic E-state index is 12.0. The zero-order valence-electron chi connectivity index (χ0n) is 12.9. The third kappa shape index (κ3) is 2.97. The number of amides is 1. The fourth-order valence-corrected chi connectivity index (χ4v) is 2.36. The Balaban J connectivity index is 2.35. The molecule has 0 fully saturated rings. The van der Waals surface area contributed by atoms with Gasteiger partial charge in [-0.25, -0.2) is 9.97 Å². The van der Waals surface area contributed by atoms with Crippen molar-refractivity contribution >= 4 is 22.8 Å². The molecule has 2 aromatic heterocycles. The average Bonchev–Trinajstić information content (AvgIpc) is 2.64. The monoisotopic (exact) mass is 291 g/mol. The normalized spacial score (nSPS) is 11.0. The van der Waals surface area contributed by atoms with Gasteiger partial charge < -0.3 is 20.4 Å². The maximum atomic E-state index is 12.0. The molecule has 21 heavy (non-hydrogen) atoms. The van der Waals surface area contributed by atoms with Gasteiger partial charge in [0.15, 0.2) is 0 Å². The van der Waals surface area contributed by atoms with Gasteiger partial charge in [-0.3, -0.25) is 4.79 Å². The number of fused-ring (bicyclic) bond motifs is 1. The molecule has 2 heterocycles. The molecule has 0 radical (unpaired) electrons. The van der Waals surface area contributed by atoms with Crippen molar-refractivity contribution < 1.29 is 9.53 Å². The minimum atomic E-state index is -0.0816. The molecule has 0 aliphatic carbocycles. The van der Waals surface area contributed by atoms with E-state index >= 15 is 0 Å². The van der Waals surface area contributed by atoms with Crippen molar-refractivity contribution in [3.05, 3.63) is 17.1 Å². The fourth-order valence-electron chi connectivity index (χ4n) is 2.36. The second-order valence-electron chi connectivity index (χ2n) is 4.99. The predicted octanol–water partition coefficient (Wildman–Crippen LogP) is 0.701. The Morgan fingerprint density at radius 2 is 2.05 bits per heavy atom. The van der Waals surface area contributed by atoms with Gasteiger partial charge in [-0.1, -0.05) is 0 Å². The summed E-state index contributed by atoms with van der Waals surface area (Å²) in [5.41, 5.74) is 8.67. The highest BCUT2D eigenvalue weighted by atomic mass is 16.5. The third-order valence-electron chi connectivity index (χ3n) is 3.54. The van der Waals surface area contributed by atoms with Gasteiger partial charge in [-0.2, -0.15) is 0 Å². The molecule has 7 nitrogen and oxygen atoms in total. The number of rotatable bonds is 5. The number of nitrogens with two attached hydrogens (primary N) is 1. The van der Waals surface area contributed by atoms with Gasteiger partial charge in [0.25, 0.3) is 0 Å². The third-order valence-corrected chi connectivity index (χ3v) is 3.54. The summed E-state index contributed by atoms with van der Waals surface area (Å²) in [5, 5.41) is 3.63. The fraction of sp³-hybridized carbons (Fsp3) is 0.500. The van der Waals surface area contributed by atoms with E-state index in [0.29, 0.717) is 30.4 Å². The molecule has 0 spiro atoms. The molecule has 3 N–H and O–H groups in total. The van der Waals surface area contributed by atoms with Gasteiger partial charge in [0.2, 0.25) is 5.91 Å². The SMILES string of the molecule is COCCNC(=O)Cn1c(C)c(C)c2c(N)nc(C)nc21. The number of nitrogens with one attached hydrogen (secondary N) is 1. The molecular weight excluding hydrogens is 270 g/mol. The first-order chi connectivity index (χ1) is 9.95. The number of carbonyl (C=O) groups is 1. The highest BCUT2D eigenvalue weighted by molar-refractivity contribution is 5.92. The summed E-state index contributed by atoms with van der Waals surface area (Å²) in [4.78, 5) is 20.6. The molecule has 114 valence electrons. The number of aryl methyl sites for hydroxylation is 2. The molecule has 2 rings (SSSR count). The molecule has 0 atom stereocenters. The second kappa shape index (κ2) is 6.09. The Labute approximate surface area is 123 Å². The van der Waals surface area contributed by atoms with E-state index < -0.39 is 0 Å². The summed E-state index contributed by atoms with van der Waals surface area (Å²) >= 11 is 0. The quantitative estimate of drug-likeness (QED) is 0.791. The highest BCUT2D eigenvalue weighted by Crippen LogP contribution is 2.27. The van der Waals surface area contributed by atoms with Crippen LogP contribution < -0.4 is 11.1 Å². The standard InChI is InChI=1S/C14H21N5O2/c1-8-9(2)19(7-11(20)16-5-6-21-4)14-12(8)13(15)17-10(3)18-14/h5-7H2,1-4H3,(H,16,20)(H2,15,17,18). The molecule has 7 heteroatoms. The first kappa shape index (κ1) is 15.2. The van der Waals surface area contributed by atoms with Crippen LogP contribution in [0.4, 0.5) is 5.82 Å². The Morgan fingerprint density at radius 3 is 2.71 bits per heavy atom. The zero-order chi connectivity index (χ0) is 15.6. The van der Waals surface area contributed by atoms with Crippen molar-refractivity contribution in [3.63, 3.8) is 0 Å². The van der Waals surface area contributed by atoms with Crippen LogP contribution in [0, 0.1) is 20.8 Å². The van der Waals surface area contributed by atoms with E-state index in [1.807, 2.05) is 18.4 Å². The molecule has 0 aromatic carbocycles. The van der Waals surface area contributed by atoms with Crippen LogP contribution in [0.25, 0.3) is 11.0 Å². The Morgan fingerprint density at radius 1 is 1.33 bits per heavy atom. The van der Waals surface area contributed by atoms with Crippen molar-refractivity contribution in [2.75, 3.05) is 26.0 Å². The molecule has 0 saturated heterocycles. The van der Waals surface area contributed by atoms with Crippen LogP contribution >= 0.6 is 0 Å². The number of hydrogen-bond acceptors (Lipinski definition) is 5. The number of methoxy groups -OCH3 is 1. The molecule has 0 unspecified atom stereocenters. The van der Waals surface area contributed by atoms with Crippen molar-refractivity contribution in [2.24, 2.45) is 0 Å².